The minimum absolute atomic E-state index is 0.0112. The van der Waals surface area contributed by atoms with E-state index in [0.717, 1.165) is 24.3 Å². The molecule has 0 spiro atoms. The van der Waals surface area contributed by atoms with E-state index >= 15 is 0 Å². The lowest BCUT2D eigenvalue weighted by atomic mass is 9.99. The molecule has 4 aromatic rings. The Morgan fingerprint density at radius 2 is 1.02 bits per heavy atom. The van der Waals surface area contributed by atoms with Crippen molar-refractivity contribution in [2.45, 2.75) is 78.8 Å². The highest BCUT2D eigenvalue weighted by molar-refractivity contribution is 6.08. The fraction of sp³-hybridized carbons (Fsp3) is 0.333. The number of nitro groups is 2. The molecule has 0 aromatic heterocycles. The molecule has 6 amide bonds. The van der Waals surface area contributed by atoms with Gasteiger partial charge in [-0.25, -0.2) is 0 Å². The zero-order valence-electron chi connectivity index (χ0n) is 33.6. The number of hydrogen-bond acceptors (Lipinski definition) is 10. The predicted octanol–water partition coefficient (Wildman–Crippen LogP) is 3.94. The maximum atomic E-state index is 13.6. The number of amides is 6. The minimum Gasteiger partial charge on any atom is -0.350 e. The summed E-state index contributed by atoms with van der Waals surface area (Å²) in [5, 5.41) is 40.2. The Labute approximate surface area is 344 Å². The SMILES string of the molecule is CC(C)C[C@H]1NC(=O)[C@H](C(C)C)NC(=O)c2ccc(cc2)CNC(=O)c2cc([N+](=O)[O-])c3cc(cc([N+](=O)[O-])c3c2)C(=O)NCc2ccc(cc2)CNC(=O)[C@H](C)NC1=O. The first-order valence-electron chi connectivity index (χ1n) is 19.2. The number of fused-ring (bicyclic) bond motifs is 1. The van der Waals surface area contributed by atoms with Crippen molar-refractivity contribution in [3.05, 3.63) is 126 Å². The average molecular weight is 823 g/mol. The number of benzene rings is 4. The van der Waals surface area contributed by atoms with Crippen molar-refractivity contribution in [2.75, 3.05) is 0 Å². The second-order valence-electron chi connectivity index (χ2n) is 15.3. The zero-order chi connectivity index (χ0) is 43.8. The molecular formula is C42H46N8O10. The van der Waals surface area contributed by atoms with Crippen LogP contribution in [0.5, 0.6) is 0 Å². The molecule has 60 heavy (non-hydrogen) atoms. The van der Waals surface area contributed by atoms with E-state index in [1.165, 1.54) is 19.1 Å². The summed E-state index contributed by atoms with van der Waals surface area (Å²) in [6.45, 7) is 8.74. The van der Waals surface area contributed by atoms with E-state index in [2.05, 4.69) is 31.9 Å². The molecule has 5 heterocycles. The lowest BCUT2D eigenvalue weighted by molar-refractivity contribution is -0.384. The first-order chi connectivity index (χ1) is 28.4. The highest BCUT2D eigenvalue weighted by Crippen LogP contribution is 2.35. The minimum atomic E-state index is -1.04. The van der Waals surface area contributed by atoms with Crippen molar-refractivity contribution in [3.63, 3.8) is 0 Å². The maximum Gasteiger partial charge on any atom is 0.278 e. The van der Waals surface area contributed by atoms with E-state index < -0.39 is 74.8 Å². The smallest absolute Gasteiger partial charge is 0.278 e. The van der Waals surface area contributed by atoms with E-state index in [1.54, 1.807) is 50.2 Å². The highest BCUT2D eigenvalue weighted by atomic mass is 16.6. The molecule has 6 N–H and O–H groups in total. The fourth-order valence-electron chi connectivity index (χ4n) is 6.55. The monoisotopic (exact) mass is 822 g/mol. The molecule has 0 fully saturated rings. The van der Waals surface area contributed by atoms with Crippen LogP contribution in [-0.4, -0.2) is 63.4 Å². The summed E-state index contributed by atoms with van der Waals surface area (Å²) in [5.74, 6) is -4.15. The van der Waals surface area contributed by atoms with Gasteiger partial charge in [-0.15, -0.1) is 0 Å². The van der Waals surface area contributed by atoms with Crippen LogP contribution in [0.15, 0.2) is 72.8 Å². The number of non-ortho nitro benzene ring substituents is 2. The van der Waals surface area contributed by atoms with Gasteiger partial charge in [0.1, 0.15) is 18.1 Å². The summed E-state index contributed by atoms with van der Waals surface area (Å²) in [7, 11) is 0. The van der Waals surface area contributed by atoms with Crippen molar-refractivity contribution in [2.24, 2.45) is 11.8 Å². The summed E-state index contributed by atoms with van der Waals surface area (Å²) in [5.41, 5.74) is 0.347. The Kier molecular flexibility index (Phi) is 13.9. The fourth-order valence-corrected chi connectivity index (χ4v) is 6.55. The summed E-state index contributed by atoms with van der Waals surface area (Å²) < 4.78 is 0. The quantitative estimate of drug-likeness (QED) is 0.125. The van der Waals surface area contributed by atoms with Gasteiger partial charge in [-0.1, -0.05) is 64.1 Å². The predicted molar refractivity (Wildman–Crippen MR) is 219 cm³/mol. The highest BCUT2D eigenvalue weighted by Gasteiger charge is 2.31. The van der Waals surface area contributed by atoms with Crippen LogP contribution in [0.3, 0.4) is 0 Å². The van der Waals surface area contributed by atoms with Crippen LogP contribution in [0.1, 0.15) is 88.8 Å². The molecule has 0 saturated carbocycles. The average Bonchev–Trinajstić information content (AvgIpc) is 3.21. The van der Waals surface area contributed by atoms with Crippen LogP contribution in [0.2, 0.25) is 0 Å². The van der Waals surface area contributed by atoms with Crippen molar-refractivity contribution in [1.82, 2.24) is 31.9 Å². The van der Waals surface area contributed by atoms with E-state index in [9.17, 15) is 49.0 Å². The molecule has 3 atom stereocenters. The van der Waals surface area contributed by atoms with E-state index in [4.69, 9.17) is 0 Å². The molecule has 8 bridgehead atoms. The standard InChI is InChI=1S/C42H46N8O10/c1-22(2)14-33-41(55)46-24(5)37(51)43-19-25-6-8-26(9-7-25)20-44-38(52)29-15-31-32(34(17-29)49(57)58)16-30(18-35(31)50(59)60)39(53)45-21-27-10-12-28(13-11-27)40(54)48-36(23(3)4)42(56)47-33/h6-13,15-18,22-24,33,36H,14,19-21H2,1-5H3,(H,43,51)(H,44,52)(H,45,53)(H,46,55)(H,47,56)(H,48,54)/t24-,33+,36-/m0/s1. The number of nitrogens with one attached hydrogen (secondary N) is 6. The largest absolute Gasteiger partial charge is 0.350 e. The van der Waals surface area contributed by atoms with Crippen molar-refractivity contribution in [3.8, 4) is 0 Å². The normalized spacial score (nSPS) is 18.7. The molecule has 0 unspecified atom stereocenters. The van der Waals surface area contributed by atoms with Crippen LogP contribution in [-0.2, 0) is 34.0 Å². The van der Waals surface area contributed by atoms with E-state index in [-0.39, 0.29) is 65.4 Å². The first kappa shape index (κ1) is 43.9. The summed E-state index contributed by atoms with van der Waals surface area (Å²) >= 11 is 0. The summed E-state index contributed by atoms with van der Waals surface area (Å²) in [4.78, 5) is 103. The van der Waals surface area contributed by atoms with Gasteiger partial charge in [0.15, 0.2) is 0 Å². The zero-order valence-corrected chi connectivity index (χ0v) is 33.6. The van der Waals surface area contributed by atoms with Crippen LogP contribution >= 0.6 is 0 Å². The Balaban J connectivity index is 1.47. The second-order valence-corrected chi connectivity index (χ2v) is 15.3. The molecule has 0 saturated heterocycles. The first-order valence-corrected chi connectivity index (χ1v) is 19.2. The molecule has 4 aromatic carbocycles. The Bertz CT molecular complexity index is 2350. The van der Waals surface area contributed by atoms with Crippen molar-refractivity contribution < 1.29 is 38.6 Å². The number of carbonyl (C=O) groups excluding carboxylic acids is 6. The van der Waals surface area contributed by atoms with Gasteiger partial charge < -0.3 is 31.9 Å². The van der Waals surface area contributed by atoms with Gasteiger partial charge in [0, 0.05) is 48.5 Å². The van der Waals surface area contributed by atoms with Gasteiger partial charge in [0.2, 0.25) is 17.7 Å². The molecule has 18 nitrogen and oxygen atoms in total. The molecule has 314 valence electrons. The maximum absolute atomic E-state index is 13.6. The number of nitrogens with zero attached hydrogens (tertiary/aromatic N) is 2. The van der Waals surface area contributed by atoms with Crippen LogP contribution in [0.25, 0.3) is 10.8 Å². The molecule has 9 rings (SSSR count). The third-order valence-corrected chi connectivity index (χ3v) is 9.88. The van der Waals surface area contributed by atoms with E-state index in [1.807, 2.05) is 13.8 Å². The molecule has 18 heteroatoms. The Hall–Kier alpha value is -7.24. The number of nitro benzene ring substituents is 2. The molecule has 0 radical (unpaired) electrons. The Morgan fingerprint density at radius 1 is 0.567 bits per heavy atom. The van der Waals surface area contributed by atoms with Crippen molar-refractivity contribution in [1.29, 1.82) is 0 Å². The van der Waals surface area contributed by atoms with Gasteiger partial charge >= 0.3 is 0 Å². The topological polar surface area (TPSA) is 261 Å². The van der Waals surface area contributed by atoms with Gasteiger partial charge in [-0.3, -0.25) is 49.0 Å². The molecule has 5 aliphatic rings. The van der Waals surface area contributed by atoms with E-state index in [0.29, 0.717) is 16.7 Å². The lowest BCUT2D eigenvalue weighted by Crippen LogP contribution is -2.57. The number of rotatable bonds is 5. The molecule has 5 aliphatic heterocycles. The number of carbonyl (C=O) groups is 6. The Morgan fingerprint density at radius 3 is 1.45 bits per heavy atom. The van der Waals surface area contributed by atoms with Crippen LogP contribution < -0.4 is 31.9 Å². The van der Waals surface area contributed by atoms with Gasteiger partial charge in [-0.05, 0) is 66.1 Å². The molecular weight excluding hydrogens is 777 g/mol. The van der Waals surface area contributed by atoms with Gasteiger partial charge in [0.05, 0.1) is 20.6 Å². The van der Waals surface area contributed by atoms with Crippen molar-refractivity contribution >= 4 is 57.6 Å². The van der Waals surface area contributed by atoms with Crippen LogP contribution in [0.4, 0.5) is 11.4 Å². The molecule has 0 aliphatic carbocycles. The third kappa shape index (κ3) is 10.8. The van der Waals surface area contributed by atoms with Gasteiger partial charge in [0.25, 0.3) is 29.1 Å². The summed E-state index contributed by atoms with van der Waals surface area (Å²) in [6.07, 6.45) is 0.257. The summed E-state index contributed by atoms with van der Waals surface area (Å²) in [6, 6.07) is 14.1. The van der Waals surface area contributed by atoms with Gasteiger partial charge in [-0.2, -0.15) is 0 Å². The third-order valence-electron chi connectivity index (χ3n) is 9.88. The van der Waals surface area contributed by atoms with Crippen LogP contribution in [0, 0.1) is 32.1 Å². The second kappa shape index (κ2) is 19.0. The lowest BCUT2D eigenvalue weighted by Gasteiger charge is -2.27. The number of hydrogen-bond donors (Lipinski definition) is 6.